The molecule has 0 spiro atoms. The molecule has 0 aromatic heterocycles. The van der Waals surface area contributed by atoms with Gasteiger partial charge in [0.15, 0.2) is 0 Å². The van der Waals surface area contributed by atoms with Crippen molar-refractivity contribution in [3.05, 3.63) is 0 Å². The molecule has 1 saturated carbocycles. The van der Waals surface area contributed by atoms with Crippen LogP contribution in [0.25, 0.3) is 0 Å². The van der Waals surface area contributed by atoms with Crippen molar-refractivity contribution in [2.45, 2.75) is 44.7 Å². The van der Waals surface area contributed by atoms with Gasteiger partial charge in [-0.05, 0) is 46.3 Å². The van der Waals surface area contributed by atoms with Crippen molar-refractivity contribution in [3.63, 3.8) is 0 Å². The molecular weight excluding hydrogens is 198 g/mol. The first kappa shape index (κ1) is 13.9. The minimum Gasteiger partial charge on any atom is -0.326 e. The minimum absolute atomic E-state index is 0.384. The summed E-state index contributed by atoms with van der Waals surface area (Å²) in [4.78, 5) is 4.70. The third-order valence-electron chi connectivity index (χ3n) is 4.02. The van der Waals surface area contributed by atoms with Crippen molar-refractivity contribution < 1.29 is 0 Å². The number of rotatable bonds is 5. The lowest BCUT2D eigenvalue weighted by atomic mass is 9.81. The lowest BCUT2D eigenvalue weighted by molar-refractivity contribution is 0.127. The highest BCUT2D eigenvalue weighted by atomic mass is 15.2. The fraction of sp³-hybridized carbons (Fsp3) is 1.00. The Kier molecular flexibility index (Phi) is 5.73. The zero-order valence-corrected chi connectivity index (χ0v) is 11.4. The number of likely N-dealkylation sites (N-methyl/N-ethyl adjacent to an activating group) is 2. The van der Waals surface area contributed by atoms with Gasteiger partial charge < -0.3 is 15.5 Å². The molecule has 2 N–H and O–H groups in total. The minimum atomic E-state index is 0.384. The number of hydrogen-bond donors (Lipinski definition) is 1. The van der Waals surface area contributed by atoms with Gasteiger partial charge in [0.2, 0.25) is 0 Å². The lowest BCUT2D eigenvalue weighted by Crippen LogP contribution is -2.51. The lowest BCUT2D eigenvalue weighted by Gasteiger charge is -2.39. The average molecular weight is 227 g/mol. The van der Waals surface area contributed by atoms with Gasteiger partial charge in [0.1, 0.15) is 0 Å². The summed E-state index contributed by atoms with van der Waals surface area (Å²) < 4.78 is 0. The topological polar surface area (TPSA) is 32.5 Å². The van der Waals surface area contributed by atoms with Crippen LogP contribution in [0.3, 0.4) is 0 Å². The predicted molar refractivity (Wildman–Crippen MR) is 70.6 cm³/mol. The van der Waals surface area contributed by atoms with Gasteiger partial charge in [-0.25, -0.2) is 0 Å². The SMILES string of the molecule is CCC1CCC(N)C(N(C)CCN(C)C)C1. The zero-order chi connectivity index (χ0) is 12.1. The van der Waals surface area contributed by atoms with E-state index in [0.29, 0.717) is 12.1 Å². The molecule has 0 bridgehead atoms. The first-order valence-electron chi connectivity index (χ1n) is 6.65. The summed E-state index contributed by atoms with van der Waals surface area (Å²) in [5.41, 5.74) is 6.25. The zero-order valence-electron chi connectivity index (χ0n) is 11.4. The second kappa shape index (κ2) is 6.58. The molecule has 1 aliphatic carbocycles. The molecule has 3 atom stereocenters. The van der Waals surface area contributed by atoms with E-state index in [1.54, 1.807) is 0 Å². The molecule has 0 heterocycles. The maximum absolute atomic E-state index is 6.25. The van der Waals surface area contributed by atoms with E-state index in [9.17, 15) is 0 Å². The van der Waals surface area contributed by atoms with Crippen LogP contribution in [0.2, 0.25) is 0 Å². The summed E-state index contributed by atoms with van der Waals surface area (Å²) in [7, 11) is 6.49. The number of nitrogens with two attached hydrogens (primary N) is 1. The van der Waals surface area contributed by atoms with E-state index >= 15 is 0 Å². The van der Waals surface area contributed by atoms with Crippen molar-refractivity contribution in [2.24, 2.45) is 11.7 Å². The highest BCUT2D eigenvalue weighted by Crippen LogP contribution is 2.28. The fourth-order valence-corrected chi connectivity index (χ4v) is 2.66. The Hall–Kier alpha value is -0.120. The molecule has 0 amide bonds. The van der Waals surface area contributed by atoms with Crippen LogP contribution in [-0.4, -0.2) is 56.1 Å². The predicted octanol–water partition coefficient (Wildman–Crippen LogP) is 1.39. The van der Waals surface area contributed by atoms with Gasteiger partial charge in [-0.15, -0.1) is 0 Å². The van der Waals surface area contributed by atoms with Crippen molar-refractivity contribution in [1.29, 1.82) is 0 Å². The Morgan fingerprint density at radius 3 is 2.38 bits per heavy atom. The first-order valence-corrected chi connectivity index (χ1v) is 6.65. The Morgan fingerprint density at radius 2 is 1.81 bits per heavy atom. The van der Waals surface area contributed by atoms with Crippen LogP contribution in [0.4, 0.5) is 0 Å². The Bertz CT molecular complexity index is 194. The van der Waals surface area contributed by atoms with Crippen LogP contribution >= 0.6 is 0 Å². The monoisotopic (exact) mass is 227 g/mol. The molecule has 96 valence electrons. The number of nitrogens with zero attached hydrogens (tertiary/aromatic N) is 2. The third kappa shape index (κ3) is 4.04. The van der Waals surface area contributed by atoms with E-state index in [1.165, 1.54) is 25.7 Å². The van der Waals surface area contributed by atoms with Crippen LogP contribution in [0.1, 0.15) is 32.6 Å². The third-order valence-corrected chi connectivity index (χ3v) is 4.02. The molecule has 0 radical (unpaired) electrons. The summed E-state index contributed by atoms with van der Waals surface area (Å²) in [6, 6.07) is 0.980. The van der Waals surface area contributed by atoms with Gasteiger partial charge in [-0.3, -0.25) is 0 Å². The molecular formula is C13H29N3. The van der Waals surface area contributed by atoms with E-state index < -0.39 is 0 Å². The average Bonchev–Trinajstić information content (AvgIpc) is 2.26. The molecule has 3 heteroatoms. The molecule has 3 nitrogen and oxygen atoms in total. The van der Waals surface area contributed by atoms with Gasteiger partial charge in [0, 0.05) is 25.2 Å². The van der Waals surface area contributed by atoms with E-state index in [0.717, 1.165) is 19.0 Å². The van der Waals surface area contributed by atoms with Crippen LogP contribution in [0.15, 0.2) is 0 Å². The van der Waals surface area contributed by atoms with Crippen molar-refractivity contribution in [1.82, 2.24) is 9.80 Å². The second-order valence-corrected chi connectivity index (χ2v) is 5.60. The van der Waals surface area contributed by atoms with E-state index in [1.807, 2.05) is 0 Å². The molecule has 0 aromatic carbocycles. The molecule has 1 rings (SSSR count). The Morgan fingerprint density at radius 1 is 1.12 bits per heavy atom. The highest BCUT2D eigenvalue weighted by Gasteiger charge is 2.29. The van der Waals surface area contributed by atoms with Gasteiger partial charge in [0.05, 0.1) is 0 Å². The Labute approximate surface area is 101 Å². The van der Waals surface area contributed by atoms with Crippen LogP contribution in [0, 0.1) is 5.92 Å². The van der Waals surface area contributed by atoms with Gasteiger partial charge in [-0.1, -0.05) is 13.3 Å². The first-order chi connectivity index (χ1) is 7.54. The van der Waals surface area contributed by atoms with Crippen LogP contribution < -0.4 is 5.73 Å². The highest BCUT2D eigenvalue weighted by molar-refractivity contribution is 4.88. The summed E-state index contributed by atoms with van der Waals surface area (Å²) in [6.45, 7) is 4.55. The molecule has 0 saturated heterocycles. The molecule has 1 fully saturated rings. The maximum atomic E-state index is 6.25. The van der Waals surface area contributed by atoms with Crippen LogP contribution in [0.5, 0.6) is 0 Å². The van der Waals surface area contributed by atoms with E-state index in [4.69, 9.17) is 5.73 Å². The molecule has 3 unspecified atom stereocenters. The maximum Gasteiger partial charge on any atom is 0.0247 e. The van der Waals surface area contributed by atoms with E-state index in [-0.39, 0.29) is 0 Å². The Balaban J connectivity index is 2.42. The van der Waals surface area contributed by atoms with Crippen molar-refractivity contribution >= 4 is 0 Å². The number of hydrogen-bond acceptors (Lipinski definition) is 3. The summed E-state index contributed by atoms with van der Waals surface area (Å²) >= 11 is 0. The standard InChI is InChI=1S/C13H29N3/c1-5-11-6-7-12(14)13(10-11)16(4)9-8-15(2)3/h11-13H,5-10,14H2,1-4H3. The van der Waals surface area contributed by atoms with Gasteiger partial charge >= 0.3 is 0 Å². The van der Waals surface area contributed by atoms with Gasteiger partial charge in [-0.2, -0.15) is 0 Å². The summed E-state index contributed by atoms with van der Waals surface area (Å²) in [6.07, 6.45) is 5.14. The molecule has 0 aromatic rings. The quantitative estimate of drug-likeness (QED) is 0.770. The molecule has 0 aliphatic heterocycles. The smallest absolute Gasteiger partial charge is 0.0247 e. The molecule has 16 heavy (non-hydrogen) atoms. The largest absolute Gasteiger partial charge is 0.326 e. The normalized spacial score (nSPS) is 31.3. The molecule has 1 aliphatic rings. The van der Waals surface area contributed by atoms with Crippen LogP contribution in [-0.2, 0) is 0 Å². The summed E-state index contributed by atoms with van der Waals surface area (Å²) in [5.74, 6) is 0.895. The van der Waals surface area contributed by atoms with Crippen molar-refractivity contribution in [2.75, 3.05) is 34.2 Å². The van der Waals surface area contributed by atoms with E-state index in [2.05, 4.69) is 37.9 Å². The van der Waals surface area contributed by atoms with Gasteiger partial charge in [0.25, 0.3) is 0 Å². The van der Waals surface area contributed by atoms with Crippen molar-refractivity contribution in [3.8, 4) is 0 Å². The summed E-state index contributed by atoms with van der Waals surface area (Å²) in [5, 5.41) is 0. The second-order valence-electron chi connectivity index (χ2n) is 5.60. The fourth-order valence-electron chi connectivity index (χ4n) is 2.66.